The van der Waals surface area contributed by atoms with Gasteiger partial charge in [0.25, 0.3) is 0 Å². The van der Waals surface area contributed by atoms with Gasteiger partial charge in [-0.3, -0.25) is 14.7 Å². The van der Waals surface area contributed by atoms with E-state index in [1.165, 1.54) is 0 Å². The molecule has 0 radical (unpaired) electrons. The first-order valence-corrected chi connectivity index (χ1v) is 9.61. The summed E-state index contributed by atoms with van der Waals surface area (Å²) in [6.45, 7) is 7.40. The van der Waals surface area contributed by atoms with Gasteiger partial charge in [-0.2, -0.15) is 10.2 Å². The van der Waals surface area contributed by atoms with Crippen LogP contribution < -0.4 is 5.32 Å². The summed E-state index contributed by atoms with van der Waals surface area (Å²) in [5, 5.41) is 12.2. The SMILES string of the molecule is Cc1cc(C)n([C@H]2CCN(C(=O)Nc3c(-c4ccccc4)c(C)nn3C)C2)n1. The van der Waals surface area contributed by atoms with Crippen molar-refractivity contribution in [1.82, 2.24) is 24.5 Å². The Kier molecular flexibility index (Phi) is 4.66. The van der Waals surface area contributed by atoms with Crippen LogP contribution in [0, 0.1) is 20.8 Å². The van der Waals surface area contributed by atoms with E-state index < -0.39 is 0 Å². The van der Waals surface area contributed by atoms with Gasteiger partial charge in [0.1, 0.15) is 5.82 Å². The zero-order valence-corrected chi connectivity index (χ0v) is 16.8. The first-order valence-electron chi connectivity index (χ1n) is 9.61. The van der Waals surface area contributed by atoms with Crippen molar-refractivity contribution in [2.45, 2.75) is 33.2 Å². The molecule has 3 aromatic rings. The lowest BCUT2D eigenvalue weighted by molar-refractivity contribution is 0.220. The first-order chi connectivity index (χ1) is 13.4. The molecule has 0 spiro atoms. The fourth-order valence-electron chi connectivity index (χ4n) is 4.07. The first kappa shape index (κ1) is 18.3. The summed E-state index contributed by atoms with van der Waals surface area (Å²) in [7, 11) is 1.86. The van der Waals surface area contributed by atoms with Crippen LogP contribution in [0.3, 0.4) is 0 Å². The minimum absolute atomic E-state index is 0.0933. The van der Waals surface area contributed by atoms with Gasteiger partial charge in [0.15, 0.2) is 0 Å². The molecule has 146 valence electrons. The van der Waals surface area contributed by atoms with E-state index in [0.29, 0.717) is 13.1 Å². The second-order valence-corrected chi connectivity index (χ2v) is 7.49. The minimum atomic E-state index is -0.0933. The van der Waals surface area contributed by atoms with Crippen LogP contribution >= 0.6 is 0 Å². The number of carbonyl (C=O) groups excluding carboxylic acids is 1. The molecule has 1 saturated heterocycles. The van der Waals surface area contributed by atoms with E-state index in [4.69, 9.17) is 0 Å². The van der Waals surface area contributed by atoms with Crippen molar-refractivity contribution in [3.8, 4) is 11.1 Å². The van der Waals surface area contributed by atoms with Gasteiger partial charge in [-0.15, -0.1) is 0 Å². The topological polar surface area (TPSA) is 68.0 Å². The number of aryl methyl sites for hydroxylation is 4. The molecular formula is C21H26N6O. The Morgan fingerprint density at radius 3 is 2.57 bits per heavy atom. The summed E-state index contributed by atoms with van der Waals surface area (Å²) in [6, 6.07) is 12.2. The third kappa shape index (κ3) is 3.28. The lowest BCUT2D eigenvalue weighted by Gasteiger charge is -2.19. The molecule has 0 unspecified atom stereocenters. The van der Waals surface area contributed by atoms with Crippen LogP contribution in [0.15, 0.2) is 36.4 Å². The molecule has 4 rings (SSSR count). The number of benzene rings is 1. The van der Waals surface area contributed by atoms with Gasteiger partial charge in [-0.1, -0.05) is 30.3 Å². The Hall–Kier alpha value is -3.09. The van der Waals surface area contributed by atoms with Gasteiger partial charge in [-0.05, 0) is 38.8 Å². The molecule has 1 aliphatic rings. The van der Waals surface area contributed by atoms with Crippen molar-refractivity contribution in [2.75, 3.05) is 18.4 Å². The number of amides is 2. The fourth-order valence-corrected chi connectivity index (χ4v) is 4.07. The average molecular weight is 378 g/mol. The summed E-state index contributed by atoms with van der Waals surface area (Å²) >= 11 is 0. The van der Waals surface area contributed by atoms with E-state index >= 15 is 0 Å². The van der Waals surface area contributed by atoms with Crippen LogP contribution in [-0.2, 0) is 7.05 Å². The lowest BCUT2D eigenvalue weighted by atomic mass is 10.1. The van der Waals surface area contributed by atoms with Gasteiger partial charge in [-0.25, -0.2) is 4.79 Å². The monoisotopic (exact) mass is 378 g/mol. The molecule has 0 saturated carbocycles. The second-order valence-electron chi connectivity index (χ2n) is 7.49. The predicted octanol–water partition coefficient (Wildman–Crippen LogP) is 3.69. The average Bonchev–Trinajstić information content (AvgIpc) is 3.34. The van der Waals surface area contributed by atoms with Crippen molar-refractivity contribution < 1.29 is 4.79 Å². The molecule has 2 amide bonds. The van der Waals surface area contributed by atoms with Crippen molar-refractivity contribution >= 4 is 11.8 Å². The Balaban J connectivity index is 1.53. The molecule has 0 aliphatic carbocycles. The zero-order chi connectivity index (χ0) is 19.8. The molecule has 1 atom stereocenters. The largest absolute Gasteiger partial charge is 0.323 e. The smallest absolute Gasteiger partial charge is 0.322 e. The van der Waals surface area contributed by atoms with E-state index in [0.717, 1.165) is 40.4 Å². The maximum atomic E-state index is 13.0. The third-order valence-electron chi connectivity index (χ3n) is 5.35. The molecule has 1 fully saturated rings. The van der Waals surface area contributed by atoms with Crippen LogP contribution in [0.25, 0.3) is 11.1 Å². The third-order valence-corrected chi connectivity index (χ3v) is 5.35. The number of carbonyl (C=O) groups is 1. The number of hydrogen-bond acceptors (Lipinski definition) is 3. The number of aromatic nitrogens is 4. The van der Waals surface area contributed by atoms with Crippen LogP contribution in [0.2, 0.25) is 0 Å². The molecule has 1 aromatic carbocycles. The van der Waals surface area contributed by atoms with Gasteiger partial charge >= 0.3 is 6.03 Å². The van der Waals surface area contributed by atoms with Crippen molar-refractivity contribution in [1.29, 1.82) is 0 Å². The predicted molar refractivity (Wildman–Crippen MR) is 109 cm³/mol. The Bertz CT molecular complexity index is 1000. The highest BCUT2D eigenvalue weighted by atomic mass is 16.2. The normalized spacial score (nSPS) is 16.6. The highest BCUT2D eigenvalue weighted by Crippen LogP contribution is 2.31. The fraction of sp³-hybridized carbons (Fsp3) is 0.381. The Labute approximate surface area is 165 Å². The summed E-state index contributed by atoms with van der Waals surface area (Å²) in [5.41, 5.74) is 5.05. The summed E-state index contributed by atoms with van der Waals surface area (Å²) in [4.78, 5) is 14.8. The molecule has 2 aromatic heterocycles. The summed E-state index contributed by atoms with van der Waals surface area (Å²) in [5.74, 6) is 0.725. The lowest BCUT2D eigenvalue weighted by Crippen LogP contribution is -2.34. The molecule has 28 heavy (non-hydrogen) atoms. The van der Waals surface area contributed by atoms with E-state index in [-0.39, 0.29) is 12.1 Å². The van der Waals surface area contributed by atoms with Crippen LogP contribution in [0.1, 0.15) is 29.5 Å². The molecule has 3 heterocycles. The number of hydrogen-bond donors (Lipinski definition) is 1. The number of anilines is 1. The van der Waals surface area contributed by atoms with Gasteiger partial charge in [0, 0.05) is 31.4 Å². The van der Waals surface area contributed by atoms with Gasteiger partial charge < -0.3 is 4.90 Å². The Morgan fingerprint density at radius 1 is 1.14 bits per heavy atom. The number of urea groups is 1. The molecule has 1 aliphatic heterocycles. The Morgan fingerprint density at radius 2 is 1.89 bits per heavy atom. The van der Waals surface area contributed by atoms with Gasteiger partial charge in [0.05, 0.1) is 17.4 Å². The number of nitrogens with one attached hydrogen (secondary N) is 1. The van der Waals surface area contributed by atoms with E-state index in [9.17, 15) is 4.79 Å². The standard InChI is InChI=1S/C21H26N6O/c1-14-12-15(2)27(23-14)18-10-11-26(13-18)21(28)22-20-19(16(3)24-25(20)4)17-8-6-5-7-9-17/h5-9,12,18H,10-11,13H2,1-4H3,(H,22,28)/t18-/m0/s1. The van der Waals surface area contributed by atoms with Crippen LogP contribution in [0.4, 0.5) is 10.6 Å². The summed E-state index contributed by atoms with van der Waals surface area (Å²) in [6.07, 6.45) is 0.908. The quantitative estimate of drug-likeness (QED) is 0.756. The molecular weight excluding hydrogens is 352 g/mol. The van der Waals surface area contributed by atoms with E-state index in [1.807, 2.05) is 60.8 Å². The molecule has 7 nitrogen and oxygen atoms in total. The van der Waals surface area contributed by atoms with Crippen molar-refractivity contribution in [3.05, 3.63) is 53.5 Å². The van der Waals surface area contributed by atoms with Crippen molar-refractivity contribution in [2.24, 2.45) is 7.05 Å². The number of likely N-dealkylation sites (tertiary alicyclic amines) is 1. The van der Waals surface area contributed by atoms with Gasteiger partial charge in [0.2, 0.25) is 0 Å². The van der Waals surface area contributed by atoms with Crippen LogP contribution in [0.5, 0.6) is 0 Å². The van der Waals surface area contributed by atoms with E-state index in [1.54, 1.807) is 4.68 Å². The minimum Gasteiger partial charge on any atom is -0.322 e. The highest BCUT2D eigenvalue weighted by Gasteiger charge is 2.30. The van der Waals surface area contributed by atoms with Crippen molar-refractivity contribution in [3.63, 3.8) is 0 Å². The number of rotatable bonds is 3. The maximum Gasteiger partial charge on any atom is 0.323 e. The molecule has 1 N–H and O–H groups in total. The second kappa shape index (κ2) is 7.14. The summed E-state index contributed by atoms with van der Waals surface area (Å²) < 4.78 is 3.79. The molecule has 0 bridgehead atoms. The maximum absolute atomic E-state index is 13.0. The van der Waals surface area contributed by atoms with Crippen LogP contribution in [-0.4, -0.2) is 43.6 Å². The van der Waals surface area contributed by atoms with E-state index in [2.05, 4.69) is 28.5 Å². The zero-order valence-electron chi connectivity index (χ0n) is 16.8. The number of nitrogens with zero attached hydrogens (tertiary/aromatic N) is 5. The molecule has 7 heteroatoms. The highest BCUT2D eigenvalue weighted by molar-refractivity contribution is 5.94.